The Kier molecular flexibility index (Phi) is 4.44. The van der Waals surface area contributed by atoms with Gasteiger partial charge in [0, 0.05) is 12.7 Å². The van der Waals surface area contributed by atoms with Crippen molar-refractivity contribution in [1.82, 2.24) is 9.97 Å². The van der Waals surface area contributed by atoms with Crippen molar-refractivity contribution < 1.29 is 19.7 Å². The lowest BCUT2D eigenvalue weighted by atomic mass is 10.2. The van der Waals surface area contributed by atoms with Gasteiger partial charge < -0.3 is 20.3 Å². The van der Waals surface area contributed by atoms with E-state index in [9.17, 15) is 9.90 Å². The molecule has 110 valence electrons. The number of halogens is 1. The quantitative estimate of drug-likeness (QED) is 0.727. The largest absolute Gasteiger partial charge is 0.504 e. The number of aromatic hydroxyl groups is 1. The van der Waals surface area contributed by atoms with E-state index in [-0.39, 0.29) is 29.0 Å². The lowest BCUT2D eigenvalue weighted by molar-refractivity contribution is 0.0697. The standard InChI is InChI=1S/C13H12ClN3O4/c1-21-10-4-7(2-3-9(10)18)5-15-11-8(12(19)20)6-16-13(14)17-11/h2-4,6,18H,5H2,1H3,(H,19,20)(H,15,16,17). The number of hydrogen-bond donors (Lipinski definition) is 3. The first kappa shape index (κ1) is 14.9. The van der Waals surface area contributed by atoms with Gasteiger partial charge in [0.05, 0.1) is 7.11 Å². The second-order valence-electron chi connectivity index (χ2n) is 4.07. The molecule has 0 fully saturated rings. The van der Waals surface area contributed by atoms with E-state index in [1.54, 1.807) is 12.1 Å². The summed E-state index contributed by atoms with van der Waals surface area (Å²) in [5.41, 5.74) is 0.695. The van der Waals surface area contributed by atoms with Crippen LogP contribution in [0.25, 0.3) is 0 Å². The Morgan fingerprint density at radius 3 is 2.90 bits per heavy atom. The summed E-state index contributed by atoms with van der Waals surface area (Å²) in [5.74, 6) is -0.682. The highest BCUT2D eigenvalue weighted by Gasteiger charge is 2.13. The third-order valence-corrected chi connectivity index (χ3v) is 2.88. The summed E-state index contributed by atoms with van der Waals surface area (Å²) in [4.78, 5) is 18.6. The van der Waals surface area contributed by atoms with Crippen LogP contribution in [0.2, 0.25) is 5.28 Å². The van der Waals surface area contributed by atoms with Crippen LogP contribution < -0.4 is 10.1 Å². The van der Waals surface area contributed by atoms with Crippen LogP contribution in [0.15, 0.2) is 24.4 Å². The fraction of sp³-hybridized carbons (Fsp3) is 0.154. The number of carboxylic acids is 1. The van der Waals surface area contributed by atoms with E-state index in [1.807, 2.05) is 0 Å². The molecule has 2 aromatic rings. The van der Waals surface area contributed by atoms with Gasteiger partial charge in [0.25, 0.3) is 0 Å². The number of ether oxygens (including phenoxy) is 1. The number of nitrogens with zero attached hydrogens (tertiary/aromatic N) is 2. The summed E-state index contributed by atoms with van der Waals surface area (Å²) in [6.45, 7) is 0.282. The summed E-state index contributed by atoms with van der Waals surface area (Å²) in [7, 11) is 1.44. The van der Waals surface area contributed by atoms with Crippen LogP contribution in [0, 0.1) is 0 Å². The molecule has 0 bridgehead atoms. The molecule has 0 saturated carbocycles. The lowest BCUT2D eigenvalue weighted by Gasteiger charge is -2.10. The minimum atomic E-state index is -1.16. The number of phenolic OH excluding ortho intramolecular Hbond substituents is 1. The maximum Gasteiger partial charge on any atom is 0.341 e. The van der Waals surface area contributed by atoms with Gasteiger partial charge in [-0.05, 0) is 29.3 Å². The zero-order chi connectivity index (χ0) is 15.4. The molecule has 0 amide bonds. The predicted octanol–water partition coefficient (Wildman–Crippen LogP) is 2.15. The van der Waals surface area contributed by atoms with Crippen molar-refractivity contribution in [2.24, 2.45) is 0 Å². The Labute approximate surface area is 125 Å². The van der Waals surface area contributed by atoms with Crippen molar-refractivity contribution in [2.45, 2.75) is 6.54 Å². The maximum atomic E-state index is 11.1. The van der Waals surface area contributed by atoms with Gasteiger partial charge >= 0.3 is 5.97 Å². The molecule has 0 unspecified atom stereocenters. The van der Waals surface area contributed by atoms with Gasteiger partial charge in [-0.25, -0.2) is 9.78 Å². The Morgan fingerprint density at radius 2 is 2.24 bits per heavy atom. The molecule has 0 radical (unpaired) electrons. The third-order valence-electron chi connectivity index (χ3n) is 2.69. The van der Waals surface area contributed by atoms with Crippen molar-refractivity contribution in [2.75, 3.05) is 12.4 Å². The van der Waals surface area contributed by atoms with Crippen LogP contribution in [0.1, 0.15) is 15.9 Å². The monoisotopic (exact) mass is 309 g/mol. The number of aromatic carboxylic acids is 1. The Hall–Kier alpha value is -2.54. The number of nitrogens with one attached hydrogen (secondary N) is 1. The average Bonchev–Trinajstić information content (AvgIpc) is 2.46. The van der Waals surface area contributed by atoms with Crippen molar-refractivity contribution in [3.8, 4) is 11.5 Å². The fourth-order valence-electron chi connectivity index (χ4n) is 1.67. The number of benzene rings is 1. The average molecular weight is 310 g/mol. The van der Waals surface area contributed by atoms with Gasteiger partial charge in [0.1, 0.15) is 11.4 Å². The highest BCUT2D eigenvalue weighted by atomic mass is 35.5. The SMILES string of the molecule is COc1cc(CNc2nc(Cl)ncc2C(=O)O)ccc1O. The molecule has 1 aromatic carbocycles. The molecule has 0 saturated heterocycles. The minimum absolute atomic E-state index is 0.0255. The summed E-state index contributed by atoms with van der Waals surface area (Å²) in [6, 6.07) is 4.79. The molecule has 21 heavy (non-hydrogen) atoms. The summed E-state index contributed by atoms with van der Waals surface area (Å²) < 4.78 is 5.00. The molecule has 0 aliphatic rings. The molecule has 7 nitrogen and oxygen atoms in total. The lowest BCUT2D eigenvalue weighted by Crippen LogP contribution is -2.09. The van der Waals surface area contributed by atoms with E-state index < -0.39 is 5.97 Å². The first-order chi connectivity index (χ1) is 10.0. The third kappa shape index (κ3) is 3.51. The number of aromatic nitrogens is 2. The van der Waals surface area contributed by atoms with E-state index in [0.717, 1.165) is 11.8 Å². The fourth-order valence-corrected chi connectivity index (χ4v) is 1.80. The first-order valence-electron chi connectivity index (χ1n) is 5.87. The maximum absolute atomic E-state index is 11.1. The van der Waals surface area contributed by atoms with Gasteiger partial charge in [-0.3, -0.25) is 0 Å². The Bertz CT molecular complexity index is 678. The van der Waals surface area contributed by atoms with Crippen LogP contribution in [-0.2, 0) is 6.54 Å². The predicted molar refractivity (Wildman–Crippen MR) is 76.0 cm³/mol. The number of rotatable bonds is 5. The second kappa shape index (κ2) is 6.27. The molecule has 0 spiro atoms. The zero-order valence-corrected chi connectivity index (χ0v) is 11.8. The van der Waals surface area contributed by atoms with E-state index in [4.69, 9.17) is 21.4 Å². The van der Waals surface area contributed by atoms with Crippen LogP contribution in [-0.4, -0.2) is 33.3 Å². The number of hydrogen-bond acceptors (Lipinski definition) is 6. The normalized spacial score (nSPS) is 10.2. The molecule has 0 aliphatic heterocycles. The van der Waals surface area contributed by atoms with Crippen LogP contribution in [0.5, 0.6) is 11.5 Å². The molecule has 0 aliphatic carbocycles. The van der Waals surface area contributed by atoms with Gasteiger partial charge in [0.15, 0.2) is 11.5 Å². The van der Waals surface area contributed by atoms with E-state index in [2.05, 4.69) is 15.3 Å². The summed E-state index contributed by atoms with van der Waals surface area (Å²) in [6.07, 6.45) is 1.14. The number of carboxylic acid groups (broad SMARTS) is 1. The number of phenols is 1. The van der Waals surface area contributed by atoms with Crippen LogP contribution >= 0.6 is 11.6 Å². The van der Waals surface area contributed by atoms with Gasteiger partial charge in [-0.15, -0.1) is 0 Å². The van der Waals surface area contributed by atoms with E-state index in [0.29, 0.717) is 5.75 Å². The van der Waals surface area contributed by atoms with Crippen LogP contribution in [0.3, 0.4) is 0 Å². The molecule has 8 heteroatoms. The smallest absolute Gasteiger partial charge is 0.341 e. The molecule has 1 heterocycles. The Morgan fingerprint density at radius 1 is 1.48 bits per heavy atom. The molecular weight excluding hydrogens is 298 g/mol. The number of anilines is 1. The zero-order valence-electron chi connectivity index (χ0n) is 11.0. The number of methoxy groups -OCH3 is 1. The summed E-state index contributed by atoms with van der Waals surface area (Å²) >= 11 is 5.66. The van der Waals surface area contributed by atoms with Crippen molar-refractivity contribution in [3.63, 3.8) is 0 Å². The summed E-state index contributed by atoms with van der Waals surface area (Å²) in [5, 5.41) is 21.4. The minimum Gasteiger partial charge on any atom is -0.504 e. The van der Waals surface area contributed by atoms with Gasteiger partial charge in [-0.2, -0.15) is 4.98 Å². The molecule has 1 aromatic heterocycles. The van der Waals surface area contributed by atoms with E-state index in [1.165, 1.54) is 13.2 Å². The van der Waals surface area contributed by atoms with Gasteiger partial charge in [0.2, 0.25) is 5.28 Å². The van der Waals surface area contributed by atoms with Crippen molar-refractivity contribution in [1.29, 1.82) is 0 Å². The van der Waals surface area contributed by atoms with Crippen LogP contribution in [0.4, 0.5) is 5.82 Å². The highest BCUT2D eigenvalue weighted by Crippen LogP contribution is 2.26. The molecule has 3 N–H and O–H groups in total. The number of carbonyl (C=O) groups is 1. The first-order valence-corrected chi connectivity index (χ1v) is 6.24. The highest BCUT2D eigenvalue weighted by molar-refractivity contribution is 6.28. The van der Waals surface area contributed by atoms with Crippen molar-refractivity contribution >= 4 is 23.4 Å². The molecular formula is C13H12ClN3O4. The second-order valence-corrected chi connectivity index (χ2v) is 4.40. The van der Waals surface area contributed by atoms with Crippen molar-refractivity contribution in [3.05, 3.63) is 40.8 Å². The van der Waals surface area contributed by atoms with Gasteiger partial charge in [-0.1, -0.05) is 6.07 Å². The molecule has 2 rings (SSSR count). The van der Waals surface area contributed by atoms with E-state index >= 15 is 0 Å². The Balaban J connectivity index is 2.20. The topological polar surface area (TPSA) is 105 Å². The molecule has 0 atom stereocenters.